The summed E-state index contributed by atoms with van der Waals surface area (Å²) in [5.41, 5.74) is 1.45. The van der Waals surface area contributed by atoms with Crippen molar-refractivity contribution in [3.05, 3.63) is 16.0 Å². The molecule has 98 valence electrons. The zero-order chi connectivity index (χ0) is 13.4. The van der Waals surface area contributed by atoms with E-state index < -0.39 is 5.97 Å². The molecule has 0 bridgehead atoms. The minimum atomic E-state index is -0.909. The van der Waals surface area contributed by atoms with Crippen LogP contribution in [0.3, 0.4) is 0 Å². The number of fused-ring (bicyclic) bond motifs is 1. The average Bonchev–Trinajstić information content (AvgIpc) is 2.68. The summed E-state index contributed by atoms with van der Waals surface area (Å²) >= 11 is 2.71. The molecule has 0 spiro atoms. The van der Waals surface area contributed by atoms with Gasteiger partial charge in [0.05, 0.1) is 4.21 Å². The molecule has 0 saturated carbocycles. The molecule has 0 aromatic carbocycles. The summed E-state index contributed by atoms with van der Waals surface area (Å²) in [6.07, 6.45) is 3.16. The van der Waals surface area contributed by atoms with Gasteiger partial charge in [-0.3, -0.25) is 4.79 Å². The summed E-state index contributed by atoms with van der Waals surface area (Å²) in [5.74, 6) is -0.120. The number of rotatable bonds is 3. The SMILES string of the molecule is CSc1sc(C(=O)O)c2c1C(=O)C[C@@H](C(C)C)C2. The molecular formula is C13H16O3S2. The van der Waals surface area contributed by atoms with E-state index in [0.717, 1.165) is 16.2 Å². The van der Waals surface area contributed by atoms with Crippen LogP contribution >= 0.6 is 23.1 Å². The molecular weight excluding hydrogens is 268 g/mol. The Bertz CT molecular complexity index is 503. The maximum Gasteiger partial charge on any atom is 0.346 e. The van der Waals surface area contributed by atoms with Gasteiger partial charge < -0.3 is 5.11 Å². The van der Waals surface area contributed by atoms with Crippen molar-refractivity contribution in [2.24, 2.45) is 11.8 Å². The number of thiophene rings is 1. The van der Waals surface area contributed by atoms with E-state index in [1.807, 2.05) is 6.26 Å². The smallest absolute Gasteiger partial charge is 0.346 e. The average molecular weight is 284 g/mol. The van der Waals surface area contributed by atoms with Crippen molar-refractivity contribution in [1.29, 1.82) is 0 Å². The van der Waals surface area contributed by atoms with Crippen LogP contribution in [0.25, 0.3) is 0 Å². The molecule has 3 nitrogen and oxygen atoms in total. The van der Waals surface area contributed by atoms with Gasteiger partial charge >= 0.3 is 5.97 Å². The number of carbonyl (C=O) groups excluding carboxylic acids is 1. The fourth-order valence-electron chi connectivity index (χ4n) is 2.38. The van der Waals surface area contributed by atoms with Gasteiger partial charge in [-0.15, -0.1) is 23.1 Å². The lowest BCUT2D eigenvalue weighted by atomic mass is 9.78. The molecule has 0 aliphatic heterocycles. The third kappa shape index (κ3) is 2.21. The van der Waals surface area contributed by atoms with Gasteiger partial charge in [-0.1, -0.05) is 13.8 Å². The van der Waals surface area contributed by atoms with E-state index in [1.165, 1.54) is 23.1 Å². The Morgan fingerprint density at radius 1 is 1.44 bits per heavy atom. The standard InChI is InChI=1S/C13H16O3S2/c1-6(2)7-4-8-10(9(14)5-7)13(17-3)18-11(8)12(15)16/h6-7H,4-5H2,1-3H3,(H,15,16)/t7-/m0/s1. The van der Waals surface area contributed by atoms with Crippen LogP contribution in [0.4, 0.5) is 0 Å². The molecule has 0 saturated heterocycles. The lowest BCUT2D eigenvalue weighted by Crippen LogP contribution is -2.24. The van der Waals surface area contributed by atoms with Crippen LogP contribution in [0.1, 0.15) is 45.9 Å². The maximum absolute atomic E-state index is 12.2. The van der Waals surface area contributed by atoms with E-state index in [0.29, 0.717) is 22.8 Å². The number of hydrogen-bond acceptors (Lipinski definition) is 4. The minimum Gasteiger partial charge on any atom is -0.477 e. The molecule has 0 radical (unpaired) electrons. The van der Waals surface area contributed by atoms with Crippen molar-refractivity contribution in [2.45, 2.75) is 30.9 Å². The Balaban J connectivity index is 2.53. The molecule has 5 heteroatoms. The van der Waals surface area contributed by atoms with Crippen molar-refractivity contribution in [2.75, 3.05) is 6.26 Å². The van der Waals surface area contributed by atoms with Crippen molar-refractivity contribution < 1.29 is 14.7 Å². The summed E-state index contributed by atoms with van der Waals surface area (Å²) in [4.78, 5) is 23.8. The van der Waals surface area contributed by atoms with Crippen LogP contribution in [-0.2, 0) is 6.42 Å². The minimum absolute atomic E-state index is 0.114. The molecule has 0 amide bonds. The van der Waals surface area contributed by atoms with Gasteiger partial charge in [-0.2, -0.15) is 0 Å². The fraction of sp³-hybridized carbons (Fsp3) is 0.538. The number of carboxylic acids is 1. The Kier molecular flexibility index (Phi) is 3.82. The van der Waals surface area contributed by atoms with E-state index in [9.17, 15) is 14.7 Å². The van der Waals surface area contributed by atoms with E-state index in [-0.39, 0.29) is 11.7 Å². The number of carbonyl (C=O) groups is 2. The first-order chi connectivity index (χ1) is 8.45. The van der Waals surface area contributed by atoms with E-state index in [1.54, 1.807) is 0 Å². The molecule has 18 heavy (non-hydrogen) atoms. The van der Waals surface area contributed by atoms with Crippen molar-refractivity contribution in [3.63, 3.8) is 0 Å². The highest BCUT2D eigenvalue weighted by molar-refractivity contribution is 8.00. The second-order valence-electron chi connectivity index (χ2n) is 4.92. The van der Waals surface area contributed by atoms with Crippen LogP contribution in [0.15, 0.2) is 4.21 Å². The van der Waals surface area contributed by atoms with E-state index >= 15 is 0 Å². The van der Waals surface area contributed by atoms with Crippen molar-refractivity contribution >= 4 is 34.9 Å². The molecule has 1 N–H and O–H groups in total. The summed E-state index contributed by atoms with van der Waals surface area (Å²) in [6, 6.07) is 0. The van der Waals surface area contributed by atoms with Crippen LogP contribution in [0.5, 0.6) is 0 Å². The van der Waals surface area contributed by atoms with Crippen molar-refractivity contribution in [1.82, 2.24) is 0 Å². The molecule has 2 rings (SSSR count). The molecule has 1 aromatic heterocycles. The number of Topliss-reactive ketones (excluding diaryl/α,β-unsaturated/α-hetero) is 1. The first-order valence-electron chi connectivity index (χ1n) is 5.91. The number of thioether (sulfide) groups is 1. The predicted molar refractivity (Wildman–Crippen MR) is 74.0 cm³/mol. The number of ketones is 1. The fourth-order valence-corrected chi connectivity index (χ4v) is 4.33. The third-order valence-corrected chi connectivity index (χ3v) is 5.83. The molecule has 1 aliphatic carbocycles. The van der Waals surface area contributed by atoms with Crippen LogP contribution in [-0.4, -0.2) is 23.1 Å². The summed E-state index contributed by atoms with van der Waals surface area (Å²) in [5, 5.41) is 9.25. The van der Waals surface area contributed by atoms with Crippen molar-refractivity contribution in [3.8, 4) is 0 Å². The highest BCUT2D eigenvalue weighted by atomic mass is 32.2. The first kappa shape index (κ1) is 13.6. The zero-order valence-corrected chi connectivity index (χ0v) is 12.3. The summed E-state index contributed by atoms with van der Waals surface area (Å²) in [6.45, 7) is 4.18. The van der Waals surface area contributed by atoms with Crippen LogP contribution < -0.4 is 0 Å². The second-order valence-corrected chi connectivity index (χ2v) is 7.01. The summed E-state index contributed by atoms with van der Waals surface area (Å²) < 4.78 is 0.856. The lowest BCUT2D eigenvalue weighted by molar-refractivity contribution is 0.0700. The van der Waals surface area contributed by atoms with Gasteiger partial charge in [-0.05, 0) is 30.1 Å². The first-order valence-corrected chi connectivity index (χ1v) is 7.96. The van der Waals surface area contributed by atoms with Gasteiger partial charge in [-0.25, -0.2) is 4.79 Å². The quantitative estimate of drug-likeness (QED) is 0.862. The Morgan fingerprint density at radius 2 is 2.11 bits per heavy atom. The van der Waals surface area contributed by atoms with Gasteiger partial charge in [0, 0.05) is 12.0 Å². The van der Waals surface area contributed by atoms with Gasteiger partial charge in [0.2, 0.25) is 0 Å². The number of hydrogen-bond donors (Lipinski definition) is 1. The van der Waals surface area contributed by atoms with Gasteiger partial charge in [0.25, 0.3) is 0 Å². The lowest BCUT2D eigenvalue weighted by Gasteiger charge is -2.25. The monoisotopic (exact) mass is 284 g/mol. The zero-order valence-electron chi connectivity index (χ0n) is 10.6. The number of carboxylic acid groups (broad SMARTS) is 1. The van der Waals surface area contributed by atoms with E-state index in [4.69, 9.17) is 0 Å². The predicted octanol–water partition coefficient (Wildman–Crippen LogP) is 3.57. The Morgan fingerprint density at radius 3 is 2.61 bits per heavy atom. The van der Waals surface area contributed by atoms with Gasteiger partial charge in [0.1, 0.15) is 4.88 Å². The molecule has 1 aromatic rings. The number of aromatic carboxylic acids is 1. The third-order valence-electron chi connectivity index (χ3n) is 3.49. The highest BCUT2D eigenvalue weighted by Crippen LogP contribution is 2.42. The maximum atomic E-state index is 12.2. The highest BCUT2D eigenvalue weighted by Gasteiger charge is 2.34. The molecule has 0 unspecified atom stereocenters. The topological polar surface area (TPSA) is 54.4 Å². The molecule has 1 heterocycles. The van der Waals surface area contributed by atoms with Crippen LogP contribution in [0.2, 0.25) is 0 Å². The molecule has 1 atom stereocenters. The van der Waals surface area contributed by atoms with E-state index in [2.05, 4.69) is 13.8 Å². The Hall–Kier alpha value is -0.810. The second kappa shape index (κ2) is 5.05. The van der Waals surface area contributed by atoms with Crippen LogP contribution in [0, 0.1) is 11.8 Å². The molecule has 1 aliphatic rings. The normalized spacial score (nSPS) is 19.1. The summed E-state index contributed by atoms with van der Waals surface area (Å²) in [7, 11) is 0. The Labute approximate surface area is 115 Å². The largest absolute Gasteiger partial charge is 0.477 e. The molecule has 0 fully saturated rings. The van der Waals surface area contributed by atoms with Gasteiger partial charge in [0.15, 0.2) is 5.78 Å².